The van der Waals surface area contributed by atoms with E-state index in [1.165, 1.54) is 0 Å². The molecule has 1 amide bonds. The van der Waals surface area contributed by atoms with E-state index in [2.05, 4.69) is 9.55 Å². The van der Waals surface area contributed by atoms with E-state index in [1.54, 1.807) is 30.5 Å². The van der Waals surface area contributed by atoms with Crippen LogP contribution in [-0.4, -0.2) is 51.1 Å². The van der Waals surface area contributed by atoms with Gasteiger partial charge in [0, 0.05) is 37.1 Å². The zero-order valence-corrected chi connectivity index (χ0v) is 13.2. The molecule has 1 aliphatic heterocycles. The van der Waals surface area contributed by atoms with E-state index in [4.69, 9.17) is 9.84 Å². The zero-order chi connectivity index (χ0) is 16.9. The summed E-state index contributed by atoms with van der Waals surface area (Å²) in [5.74, 6) is -0.604. The molecule has 1 aromatic heterocycles. The van der Waals surface area contributed by atoms with E-state index in [1.807, 2.05) is 17.4 Å². The molecule has 0 bridgehead atoms. The second kappa shape index (κ2) is 7.16. The summed E-state index contributed by atoms with van der Waals surface area (Å²) in [6.07, 6.45) is 7.35. The number of rotatable bonds is 5. The van der Waals surface area contributed by atoms with Crippen LogP contribution < -0.4 is 4.74 Å². The lowest BCUT2D eigenvalue weighted by atomic mass is 10.0. The highest BCUT2D eigenvalue weighted by atomic mass is 16.5. The van der Waals surface area contributed by atoms with Crippen LogP contribution in [0, 0.1) is 0 Å². The molecule has 0 unspecified atom stereocenters. The number of imidazole rings is 1. The maximum atomic E-state index is 12.5. The molecule has 7 heteroatoms. The van der Waals surface area contributed by atoms with Crippen molar-refractivity contribution in [2.24, 2.45) is 0 Å². The number of ether oxygens (including phenoxy) is 1. The van der Waals surface area contributed by atoms with Crippen molar-refractivity contribution < 1.29 is 19.4 Å². The van der Waals surface area contributed by atoms with Gasteiger partial charge in [-0.25, -0.2) is 9.78 Å². The molecule has 1 N–H and O–H groups in total. The summed E-state index contributed by atoms with van der Waals surface area (Å²) in [5.41, 5.74) is 0.582. The number of amides is 1. The number of aliphatic carboxylic acids is 1. The van der Waals surface area contributed by atoms with Crippen molar-refractivity contribution in [2.75, 3.05) is 19.7 Å². The molecule has 1 fully saturated rings. The van der Waals surface area contributed by atoms with Gasteiger partial charge in [0.05, 0.1) is 6.33 Å². The highest BCUT2D eigenvalue weighted by Gasteiger charge is 2.24. The van der Waals surface area contributed by atoms with Crippen LogP contribution >= 0.6 is 0 Å². The summed E-state index contributed by atoms with van der Waals surface area (Å²) in [6.45, 7) is 1.02. The summed E-state index contributed by atoms with van der Waals surface area (Å²) < 4.78 is 7.16. The molecule has 0 saturated carbocycles. The van der Waals surface area contributed by atoms with Gasteiger partial charge in [0.2, 0.25) is 0 Å². The van der Waals surface area contributed by atoms with Gasteiger partial charge in [0.25, 0.3) is 5.91 Å². The van der Waals surface area contributed by atoms with E-state index < -0.39 is 12.6 Å². The van der Waals surface area contributed by atoms with Crippen molar-refractivity contribution >= 4 is 11.9 Å². The lowest BCUT2D eigenvalue weighted by Gasteiger charge is -2.32. The number of hydrogen-bond donors (Lipinski definition) is 1. The van der Waals surface area contributed by atoms with Crippen LogP contribution in [0.2, 0.25) is 0 Å². The number of piperidine rings is 1. The number of carbonyl (C=O) groups excluding carboxylic acids is 1. The SMILES string of the molecule is O=C(O)COc1ccc(C(=O)N2CCC(n3ccnc3)CC2)cc1. The quantitative estimate of drug-likeness (QED) is 0.904. The molecular formula is C17H19N3O4. The summed E-state index contributed by atoms with van der Waals surface area (Å²) >= 11 is 0. The summed E-state index contributed by atoms with van der Waals surface area (Å²) in [6, 6.07) is 6.97. The summed E-state index contributed by atoms with van der Waals surface area (Å²) in [5, 5.41) is 8.59. The van der Waals surface area contributed by atoms with Crippen molar-refractivity contribution in [1.82, 2.24) is 14.5 Å². The van der Waals surface area contributed by atoms with Crippen molar-refractivity contribution in [1.29, 1.82) is 0 Å². The van der Waals surface area contributed by atoms with Crippen LogP contribution in [0.25, 0.3) is 0 Å². The minimum atomic E-state index is -1.03. The fraction of sp³-hybridized carbons (Fsp3) is 0.353. The second-order valence-corrected chi connectivity index (χ2v) is 5.74. The van der Waals surface area contributed by atoms with E-state index in [9.17, 15) is 9.59 Å². The van der Waals surface area contributed by atoms with Gasteiger partial charge < -0.3 is 19.3 Å². The third-order valence-corrected chi connectivity index (χ3v) is 4.16. The minimum absolute atomic E-state index is 0.0103. The maximum Gasteiger partial charge on any atom is 0.341 e. The first kappa shape index (κ1) is 16.0. The van der Waals surface area contributed by atoms with Gasteiger partial charge in [-0.1, -0.05) is 0 Å². The third-order valence-electron chi connectivity index (χ3n) is 4.16. The predicted octanol–water partition coefficient (Wildman–Crippen LogP) is 1.82. The molecule has 1 aliphatic rings. The number of carbonyl (C=O) groups is 2. The van der Waals surface area contributed by atoms with Gasteiger partial charge in [-0.05, 0) is 37.1 Å². The molecule has 0 atom stereocenters. The Balaban J connectivity index is 1.56. The first-order chi connectivity index (χ1) is 11.6. The molecule has 24 heavy (non-hydrogen) atoms. The highest BCUT2D eigenvalue weighted by molar-refractivity contribution is 5.94. The van der Waals surface area contributed by atoms with E-state index in [-0.39, 0.29) is 5.91 Å². The van der Waals surface area contributed by atoms with E-state index in [0.717, 1.165) is 12.8 Å². The maximum absolute atomic E-state index is 12.5. The molecule has 0 aliphatic carbocycles. The number of aromatic nitrogens is 2. The lowest BCUT2D eigenvalue weighted by molar-refractivity contribution is -0.139. The Morgan fingerprint density at radius 1 is 1.21 bits per heavy atom. The molecule has 0 radical (unpaired) electrons. The average Bonchev–Trinajstić information content (AvgIpc) is 3.14. The first-order valence-corrected chi connectivity index (χ1v) is 7.85. The Bertz CT molecular complexity index is 689. The highest BCUT2D eigenvalue weighted by Crippen LogP contribution is 2.23. The van der Waals surface area contributed by atoms with Crippen LogP contribution in [-0.2, 0) is 4.79 Å². The fourth-order valence-electron chi connectivity index (χ4n) is 2.87. The van der Waals surface area contributed by atoms with Gasteiger partial charge in [-0.15, -0.1) is 0 Å². The minimum Gasteiger partial charge on any atom is -0.482 e. The molecule has 1 saturated heterocycles. The lowest BCUT2D eigenvalue weighted by Crippen LogP contribution is -2.38. The number of carboxylic acid groups (broad SMARTS) is 1. The fourth-order valence-corrected chi connectivity index (χ4v) is 2.87. The Labute approximate surface area is 139 Å². The largest absolute Gasteiger partial charge is 0.482 e. The van der Waals surface area contributed by atoms with Gasteiger partial charge in [-0.3, -0.25) is 4.79 Å². The molecule has 2 aromatic rings. The number of likely N-dealkylation sites (tertiary alicyclic amines) is 1. The molecule has 2 heterocycles. The Morgan fingerprint density at radius 3 is 2.50 bits per heavy atom. The van der Waals surface area contributed by atoms with Crippen LogP contribution in [0.15, 0.2) is 43.0 Å². The van der Waals surface area contributed by atoms with Gasteiger partial charge in [0.15, 0.2) is 6.61 Å². The van der Waals surface area contributed by atoms with Crippen LogP contribution in [0.5, 0.6) is 5.75 Å². The van der Waals surface area contributed by atoms with Crippen molar-refractivity contribution in [3.8, 4) is 5.75 Å². The first-order valence-electron chi connectivity index (χ1n) is 7.85. The van der Waals surface area contributed by atoms with Crippen molar-refractivity contribution in [2.45, 2.75) is 18.9 Å². The second-order valence-electron chi connectivity index (χ2n) is 5.74. The van der Waals surface area contributed by atoms with Crippen LogP contribution in [0.4, 0.5) is 0 Å². The molecule has 0 spiro atoms. The molecule has 7 nitrogen and oxygen atoms in total. The van der Waals surface area contributed by atoms with E-state index in [0.29, 0.717) is 30.4 Å². The van der Waals surface area contributed by atoms with Gasteiger partial charge >= 0.3 is 5.97 Å². The number of benzene rings is 1. The van der Waals surface area contributed by atoms with Crippen molar-refractivity contribution in [3.63, 3.8) is 0 Å². The monoisotopic (exact) mass is 329 g/mol. The average molecular weight is 329 g/mol. The third kappa shape index (κ3) is 3.73. The van der Waals surface area contributed by atoms with Crippen LogP contribution in [0.3, 0.4) is 0 Å². The molecular weight excluding hydrogens is 310 g/mol. The van der Waals surface area contributed by atoms with Gasteiger partial charge in [0.1, 0.15) is 5.75 Å². The Morgan fingerprint density at radius 2 is 1.92 bits per heavy atom. The predicted molar refractivity (Wildman–Crippen MR) is 86.0 cm³/mol. The van der Waals surface area contributed by atoms with Gasteiger partial charge in [-0.2, -0.15) is 0 Å². The van der Waals surface area contributed by atoms with E-state index >= 15 is 0 Å². The number of carboxylic acids is 1. The molecule has 1 aromatic carbocycles. The number of hydrogen-bond acceptors (Lipinski definition) is 4. The molecule has 126 valence electrons. The molecule has 3 rings (SSSR count). The topological polar surface area (TPSA) is 84.7 Å². The summed E-state index contributed by atoms with van der Waals surface area (Å²) in [4.78, 5) is 28.9. The summed E-state index contributed by atoms with van der Waals surface area (Å²) in [7, 11) is 0. The Kier molecular flexibility index (Phi) is 4.79. The van der Waals surface area contributed by atoms with Crippen LogP contribution in [0.1, 0.15) is 29.2 Å². The Hall–Kier alpha value is -2.83. The standard InChI is InChI=1S/C17H19N3O4/c21-16(22)11-24-15-3-1-13(2-4-15)17(23)19-8-5-14(6-9-19)20-10-7-18-12-20/h1-4,7,10,12,14H,5-6,8-9,11H2,(H,21,22). The normalized spacial score (nSPS) is 15.2. The van der Waals surface area contributed by atoms with Crippen molar-refractivity contribution in [3.05, 3.63) is 48.5 Å². The smallest absolute Gasteiger partial charge is 0.341 e. The zero-order valence-electron chi connectivity index (χ0n) is 13.2. The number of nitrogens with zero attached hydrogens (tertiary/aromatic N) is 3.